The van der Waals surface area contributed by atoms with Gasteiger partial charge in [-0.2, -0.15) is 22.0 Å². The molecule has 0 saturated carbocycles. The molecule has 0 aliphatic rings. The lowest BCUT2D eigenvalue weighted by molar-refractivity contribution is -0.289. The molecule has 2 rings (SSSR count). The van der Waals surface area contributed by atoms with Crippen molar-refractivity contribution in [1.29, 1.82) is 0 Å². The first-order valence-corrected chi connectivity index (χ1v) is 9.80. The average molecular weight is 438 g/mol. The average Bonchev–Trinajstić information content (AvgIpc) is 2.62. The van der Waals surface area contributed by atoms with E-state index in [2.05, 4.69) is 0 Å². The van der Waals surface area contributed by atoms with E-state index in [9.17, 15) is 31.5 Å². The summed E-state index contributed by atoms with van der Waals surface area (Å²) in [5, 5.41) is 0.0332. The minimum Gasteiger partial charge on any atom is -0.466 e. The molecule has 0 amide bonds. The highest BCUT2D eigenvalue weighted by Gasteiger charge is 2.58. The van der Waals surface area contributed by atoms with Gasteiger partial charge in [0.1, 0.15) is 5.58 Å². The first-order chi connectivity index (χ1) is 13.5. The van der Waals surface area contributed by atoms with Crippen molar-refractivity contribution in [1.82, 2.24) is 0 Å². The SMILES string of the molecule is CC(=O)OCCCCCCSc1cc(=O)oc2ccc(C(F)(F)C(F)(F)F)cc12. The Bertz CT molecular complexity index is 908. The smallest absolute Gasteiger partial charge is 0.458 e. The normalized spacial score (nSPS) is 12.3. The van der Waals surface area contributed by atoms with Gasteiger partial charge in [0, 0.05) is 28.8 Å². The maximum absolute atomic E-state index is 13.7. The quantitative estimate of drug-likeness (QED) is 0.166. The zero-order valence-corrected chi connectivity index (χ0v) is 16.3. The van der Waals surface area contributed by atoms with E-state index in [1.807, 2.05) is 0 Å². The molecule has 0 unspecified atom stereocenters. The first kappa shape index (κ1) is 23.2. The zero-order chi connectivity index (χ0) is 21.7. The summed E-state index contributed by atoms with van der Waals surface area (Å²) < 4.78 is 75.0. The van der Waals surface area contributed by atoms with Crippen molar-refractivity contribution in [3.63, 3.8) is 0 Å². The summed E-state index contributed by atoms with van der Waals surface area (Å²) in [4.78, 5) is 22.6. The minimum absolute atomic E-state index is 0.0332. The molecule has 0 N–H and O–H groups in total. The van der Waals surface area contributed by atoms with E-state index in [1.54, 1.807) is 0 Å². The van der Waals surface area contributed by atoms with Crippen LogP contribution in [-0.4, -0.2) is 24.5 Å². The molecule has 10 heteroatoms. The number of hydrogen-bond donors (Lipinski definition) is 0. The van der Waals surface area contributed by atoms with Crippen molar-refractivity contribution in [2.45, 2.75) is 49.6 Å². The topological polar surface area (TPSA) is 56.5 Å². The first-order valence-electron chi connectivity index (χ1n) is 8.81. The number of carbonyl (C=O) groups is 1. The summed E-state index contributed by atoms with van der Waals surface area (Å²) in [6.07, 6.45) is -2.67. The van der Waals surface area contributed by atoms with Crippen molar-refractivity contribution in [2.75, 3.05) is 12.4 Å². The summed E-state index contributed by atoms with van der Waals surface area (Å²) >= 11 is 1.19. The fourth-order valence-electron chi connectivity index (χ4n) is 2.57. The van der Waals surface area contributed by atoms with E-state index in [4.69, 9.17) is 9.15 Å². The molecule has 0 radical (unpaired) electrons. The number of alkyl halides is 5. The van der Waals surface area contributed by atoms with E-state index < -0.39 is 23.3 Å². The van der Waals surface area contributed by atoms with Crippen LogP contribution in [0.25, 0.3) is 11.0 Å². The van der Waals surface area contributed by atoms with Gasteiger partial charge in [0.25, 0.3) is 0 Å². The molecule has 0 bridgehead atoms. The van der Waals surface area contributed by atoms with Gasteiger partial charge < -0.3 is 9.15 Å². The van der Waals surface area contributed by atoms with Crippen molar-refractivity contribution in [3.05, 3.63) is 40.2 Å². The lowest BCUT2D eigenvalue weighted by Gasteiger charge is -2.20. The largest absolute Gasteiger partial charge is 0.466 e. The van der Waals surface area contributed by atoms with Crippen LogP contribution in [0.4, 0.5) is 22.0 Å². The summed E-state index contributed by atoms with van der Waals surface area (Å²) in [6.45, 7) is 1.66. The van der Waals surface area contributed by atoms with Gasteiger partial charge in [0.2, 0.25) is 0 Å². The number of fused-ring (bicyclic) bond motifs is 1. The molecule has 1 heterocycles. The van der Waals surface area contributed by atoms with E-state index in [1.165, 1.54) is 18.7 Å². The van der Waals surface area contributed by atoms with Crippen molar-refractivity contribution >= 4 is 28.7 Å². The third-order valence-corrected chi connectivity index (χ3v) is 5.17. The fraction of sp³-hybridized carbons (Fsp3) is 0.474. The molecule has 0 saturated heterocycles. The highest BCUT2D eigenvalue weighted by Crippen LogP contribution is 2.45. The van der Waals surface area contributed by atoms with Gasteiger partial charge in [-0.3, -0.25) is 4.79 Å². The minimum atomic E-state index is -5.73. The summed E-state index contributed by atoms with van der Waals surface area (Å²) in [5.41, 5.74) is -1.97. The van der Waals surface area contributed by atoms with Gasteiger partial charge >= 0.3 is 23.7 Å². The number of ether oxygens (including phenoxy) is 1. The second-order valence-electron chi connectivity index (χ2n) is 6.32. The van der Waals surface area contributed by atoms with E-state index in [0.717, 1.165) is 31.4 Å². The molecule has 160 valence electrons. The Balaban J connectivity index is 2.07. The Morgan fingerprint density at radius 3 is 2.41 bits per heavy atom. The molecule has 0 aliphatic carbocycles. The standard InChI is InChI=1S/C19H19F5O4S/c1-12(25)27-8-4-2-3-5-9-29-16-11-17(26)28-15-7-6-13(10-14(15)16)18(20,21)19(22,23)24/h6-7,10-11H,2-5,8-9H2,1H3. The van der Waals surface area contributed by atoms with Gasteiger partial charge in [-0.05, 0) is 36.8 Å². The summed E-state index contributed by atoms with van der Waals surface area (Å²) in [5.74, 6) is -4.82. The third-order valence-electron chi connectivity index (χ3n) is 4.02. The van der Waals surface area contributed by atoms with Crippen LogP contribution >= 0.6 is 11.8 Å². The molecule has 4 nitrogen and oxygen atoms in total. The maximum atomic E-state index is 13.7. The Morgan fingerprint density at radius 1 is 1.07 bits per heavy atom. The molecular formula is C19H19F5O4S. The van der Waals surface area contributed by atoms with Crippen LogP contribution in [0, 0.1) is 0 Å². The van der Waals surface area contributed by atoms with Gasteiger partial charge in [0.15, 0.2) is 0 Å². The second kappa shape index (κ2) is 9.60. The number of thioether (sulfide) groups is 1. The number of hydrogen-bond acceptors (Lipinski definition) is 5. The number of benzene rings is 1. The molecule has 0 spiro atoms. The molecule has 0 fully saturated rings. The number of carbonyl (C=O) groups excluding carboxylic acids is 1. The van der Waals surface area contributed by atoms with Gasteiger partial charge in [-0.1, -0.05) is 12.8 Å². The lowest BCUT2D eigenvalue weighted by Crippen LogP contribution is -2.33. The number of esters is 1. The zero-order valence-electron chi connectivity index (χ0n) is 15.5. The maximum Gasteiger partial charge on any atom is 0.458 e. The van der Waals surface area contributed by atoms with Gasteiger partial charge in [0.05, 0.1) is 6.61 Å². The fourth-order valence-corrected chi connectivity index (χ4v) is 3.63. The molecule has 0 atom stereocenters. The summed E-state index contributed by atoms with van der Waals surface area (Å²) in [7, 11) is 0. The van der Waals surface area contributed by atoms with Crippen LogP contribution in [0.1, 0.15) is 38.2 Å². The van der Waals surface area contributed by atoms with Gasteiger partial charge in [-0.15, -0.1) is 11.8 Å². The van der Waals surface area contributed by atoms with Crippen LogP contribution in [0.15, 0.2) is 38.4 Å². The second-order valence-corrected chi connectivity index (χ2v) is 7.45. The predicted octanol–water partition coefficient (Wildman–Crippen LogP) is 5.66. The summed E-state index contributed by atoms with van der Waals surface area (Å²) in [6, 6.07) is 3.36. The van der Waals surface area contributed by atoms with Gasteiger partial charge in [-0.25, -0.2) is 4.79 Å². The third kappa shape index (κ3) is 6.19. The van der Waals surface area contributed by atoms with E-state index in [-0.39, 0.29) is 21.8 Å². The Labute approximate surface area is 167 Å². The highest BCUT2D eigenvalue weighted by molar-refractivity contribution is 7.99. The Morgan fingerprint density at radius 2 is 1.76 bits per heavy atom. The lowest BCUT2D eigenvalue weighted by atomic mass is 10.1. The van der Waals surface area contributed by atoms with Crippen molar-refractivity contribution in [3.8, 4) is 0 Å². The number of rotatable bonds is 9. The molecule has 2 aromatic rings. The van der Waals surface area contributed by atoms with E-state index in [0.29, 0.717) is 30.9 Å². The molecule has 1 aromatic carbocycles. The van der Waals surface area contributed by atoms with Crippen molar-refractivity contribution < 1.29 is 35.9 Å². The molecular weight excluding hydrogens is 419 g/mol. The number of halogens is 5. The molecule has 1 aromatic heterocycles. The van der Waals surface area contributed by atoms with E-state index >= 15 is 0 Å². The number of unbranched alkanes of at least 4 members (excludes halogenated alkanes) is 3. The predicted molar refractivity (Wildman–Crippen MR) is 98.3 cm³/mol. The van der Waals surface area contributed by atoms with Crippen molar-refractivity contribution in [2.24, 2.45) is 0 Å². The van der Waals surface area contributed by atoms with Crippen LogP contribution < -0.4 is 5.63 Å². The monoisotopic (exact) mass is 438 g/mol. The van der Waals surface area contributed by atoms with Crippen LogP contribution in [-0.2, 0) is 15.5 Å². The molecule has 29 heavy (non-hydrogen) atoms. The van der Waals surface area contributed by atoms with Crippen LogP contribution in [0.2, 0.25) is 0 Å². The molecule has 0 aliphatic heterocycles. The Kier molecular flexibility index (Phi) is 7.67. The van der Waals surface area contributed by atoms with Crippen LogP contribution in [0.3, 0.4) is 0 Å². The highest BCUT2D eigenvalue weighted by atomic mass is 32.2. The Hall–Kier alpha value is -2.10. The van der Waals surface area contributed by atoms with Crippen LogP contribution in [0.5, 0.6) is 0 Å².